The number of benzene rings is 16. The molecule has 0 amide bonds. The second-order valence-electron chi connectivity index (χ2n) is 32.4. The Morgan fingerprint density at radius 2 is 0.761 bits per heavy atom. The summed E-state index contributed by atoms with van der Waals surface area (Å²) in [6.07, 6.45) is 0. The van der Waals surface area contributed by atoms with Gasteiger partial charge in [-0.3, -0.25) is 0 Å². The molecule has 0 saturated heterocycles. The number of para-hydroxylation sites is 5. The van der Waals surface area contributed by atoms with Gasteiger partial charge in [-0.25, -0.2) is 4.85 Å². The van der Waals surface area contributed by atoms with Gasteiger partial charge in [0.2, 0.25) is 6.71 Å². The Morgan fingerprint density at radius 3 is 1.29 bits per heavy atom. The van der Waals surface area contributed by atoms with Crippen molar-refractivity contribution in [3.8, 4) is 95.3 Å². The molecule has 2 aliphatic rings. The first-order valence-electron chi connectivity index (χ1n) is 39.2. The SMILES string of the molecule is [C-]#[N+]c1ccccc1-c1cc(-c2ccc(C(C)(C)C)cc2)cc(-c2ccccc2)c1N1c2cc(-n3c4ccccc4c4ccccc43)ccc2B2c3ccc(-n4c5ccccc5c5ccccc54)cc3C(c3c(-c4ccccc4)cc(-c4ccc(C(C)(C)C)cc4)cc3-c3ccccc3C#N)c3cc(-c4ccccc4)cc1c32. The van der Waals surface area contributed by atoms with Crippen LogP contribution < -0.4 is 21.3 Å². The Bertz CT molecular complexity index is 6450. The highest BCUT2D eigenvalue weighted by Gasteiger charge is 2.47. The molecule has 16 aromatic carbocycles. The molecule has 534 valence electrons. The van der Waals surface area contributed by atoms with Crippen LogP contribution in [0.5, 0.6) is 0 Å². The van der Waals surface area contributed by atoms with E-state index in [1.165, 1.54) is 43.6 Å². The topological polar surface area (TPSA) is 41.2 Å². The molecule has 6 heteroatoms. The summed E-state index contributed by atoms with van der Waals surface area (Å²) in [5.74, 6) is -0.504. The zero-order chi connectivity index (χ0) is 76.4. The molecule has 0 bridgehead atoms. The Hall–Kier alpha value is -14.0. The lowest BCUT2D eigenvalue weighted by molar-refractivity contribution is 0.590. The summed E-state index contributed by atoms with van der Waals surface area (Å²) in [4.78, 5) is 7.05. The van der Waals surface area contributed by atoms with E-state index in [4.69, 9.17) is 6.57 Å². The molecule has 5 nitrogen and oxygen atoms in total. The smallest absolute Gasteiger partial charge is 0.247 e. The minimum Gasteiger partial charge on any atom is -0.310 e. The molecular formula is C107H78BN5. The van der Waals surface area contributed by atoms with E-state index in [2.05, 4.69) is 400 Å². The van der Waals surface area contributed by atoms with Gasteiger partial charge in [-0.1, -0.05) is 320 Å². The molecule has 18 aromatic rings. The zero-order valence-corrected chi connectivity index (χ0v) is 64.0. The summed E-state index contributed by atoms with van der Waals surface area (Å²) < 4.78 is 4.93. The summed E-state index contributed by atoms with van der Waals surface area (Å²) in [6.45, 7) is 22.4. The van der Waals surface area contributed by atoms with Gasteiger partial charge in [0.15, 0.2) is 5.69 Å². The van der Waals surface area contributed by atoms with Crippen LogP contribution >= 0.6 is 0 Å². The van der Waals surface area contributed by atoms with Gasteiger partial charge in [0, 0.05) is 55.8 Å². The van der Waals surface area contributed by atoms with Crippen LogP contribution in [0, 0.1) is 17.9 Å². The summed E-state index contributed by atoms with van der Waals surface area (Å²) in [6, 6.07) is 135. The standard InChI is InChI=1S/C107H78BN5/c1-106(2,3)77-51-47-69(48-52-77)74-59-87(71-31-13-9-14-32-71)102(89(61-74)81-36-18-17-35-73(81)67-109)103-91-65-79(111-96-43-25-20-38-83(96)84-39-21-26-44-97(84)111)55-57-93(91)108-94-58-56-80(112-98-45-27-22-40-85(98)86-41-23-28-46-99(86)112)66-100(94)113(101-64-76(63-92(103)104(101)108)68-29-11-8-12-30-68)105-88(72-33-15-10-16-34-72)60-75(70-49-53-78(54-50-70)107(4,5)6)62-90(105)82-37-19-24-42-95(82)110-7/h8-66,103H,1-6H3. The van der Waals surface area contributed by atoms with Gasteiger partial charge in [-0.05, 0) is 207 Å². The average Bonchev–Trinajstić information content (AvgIpc) is 1.19. The van der Waals surface area contributed by atoms with E-state index in [0.29, 0.717) is 11.3 Å². The van der Waals surface area contributed by atoms with Crippen LogP contribution in [-0.4, -0.2) is 15.8 Å². The maximum Gasteiger partial charge on any atom is 0.247 e. The first-order chi connectivity index (χ1) is 55.3. The van der Waals surface area contributed by atoms with Crippen molar-refractivity contribution in [2.45, 2.75) is 58.3 Å². The predicted molar refractivity (Wildman–Crippen MR) is 475 cm³/mol. The minimum absolute atomic E-state index is 0.0632. The van der Waals surface area contributed by atoms with Crippen molar-refractivity contribution in [2.75, 3.05) is 4.90 Å². The molecule has 0 saturated carbocycles. The van der Waals surface area contributed by atoms with E-state index in [-0.39, 0.29) is 17.5 Å². The second kappa shape index (κ2) is 26.9. The summed E-state index contributed by atoms with van der Waals surface area (Å²) in [5, 5.41) is 16.4. The van der Waals surface area contributed by atoms with Crippen LogP contribution in [0.4, 0.5) is 22.7 Å². The van der Waals surface area contributed by atoms with Crippen LogP contribution in [0.1, 0.15) is 80.8 Å². The Labute approximate surface area is 660 Å². The van der Waals surface area contributed by atoms with Crippen LogP contribution in [0.2, 0.25) is 0 Å². The maximum absolute atomic E-state index is 11.7. The number of nitrogens with zero attached hydrogens (tertiary/aromatic N) is 5. The third kappa shape index (κ3) is 11.3. The lowest BCUT2D eigenvalue weighted by atomic mass is 9.31. The van der Waals surface area contributed by atoms with E-state index in [1.807, 2.05) is 24.3 Å². The second-order valence-corrected chi connectivity index (χ2v) is 32.4. The van der Waals surface area contributed by atoms with E-state index >= 15 is 0 Å². The van der Waals surface area contributed by atoms with Gasteiger partial charge in [0.1, 0.15) is 0 Å². The van der Waals surface area contributed by atoms with Gasteiger partial charge < -0.3 is 14.0 Å². The predicted octanol–water partition coefficient (Wildman–Crippen LogP) is 26.4. The molecule has 4 heterocycles. The van der Waals surface area contributed by atoms with Crippen LogP contribution in [-0.2, 0) is 10.8 Å². The van der Waals surface area contributed by atoms with Crippen LogP contribution in [0.15, 0.2) is 358 Å². The fourth-order valence-corrected chi connectivity index (χ4v) is 18.5. The molecule has 2 aliphatic heterocycles. The molecule has 1 atom stereocenters. The monoisotopic (exact) mass is 1440 g/mol. The number of hydrogen-bond donors (Lipinski definition) is 0. The first-order valence-corrected chi connectivity index (χ1v) is 39.2. The number of aromatic nitrogens is 2. The normalized spacial score (nSPS) is 13.1. The number of hydrogen-bond acceptors (Lipinski definition) is 2. The van der Waals surface area contributed by atoms with Gasteiger partial charge in [0.25, 0.3) is 0 Å². The fourth-order valence-electron chi connectivity index (χ4n) is 18.5. The third-order valence-corrected chi connectivity index (χ3v) is 23.9. The number of nitriles is 1. The molecule has 113 heavy (non-hydrogen) atoms. The van der Waals surface area contributed by atoms with E-state index < -0.39 is 5.92 Å². The lowest BCUT2D eigenvalue weighted by Gasteiger charge is -2.45. The van der Waals surface area contributed by atoms with E-state index in [1.54, 1.807) is 0 Å². The lowest BCUT2D eigenvalue weighted by Crippen LogP contribution is -2.62. The van der Waals surface area contributed by atoms with Gasteiger partial charge >= 0.3 is 0 Å². The first kappa shape index (κ1) is 68.3. The van der Waals surface area contributed by atoms with Crippen molar-refractivity contribution < 1.29 is 0 Å². The molecule has 0 aliphatic carbocycles. The third-order valence-electron chi connectivity index (χ3n) is 23.9. The molecule has 2 aromatic heterocycles. The Kier molecular flexibility index (Phi) is 16.3. The molecule has 1 unspecified atom stereocenters. The highest BCUT2D eigenvalue weighted by molar-refractivity contribution is 6.99. The van der Waals surface area contributed by atoms with Crippen molar-refractivity contribution in [2.24, 2.45) is 0 Å². The molecule has 0 N–H and O–H groups in total. The molecule has 0 radical (unpaired) electrons. The van der Waals surface area contributed by atoms with Gasteiger partial charge in [-0.2, -0.15) is 5.26 Å². The van der Waals surface area contributed by atoms with Crippen LogP contribution in [0.3, 0.4) is 0 Å². The number of anilines is 3. The highest BCUT2D eigenvalue weighted by atomic mass is 15.2. The van der Waals surface area contributed by atoms with Crippen molar-refractivity contribution >= 4 is 89.5 Å². The Balaban J connectivity index is 0.981. The number of fused-ring (bicyclic) bond motifs is 10. The van der Waals surface area contributed by atoms with Gasteiger partial charge in [0.05, 0.1) is 46.0 Å². The maximum atomic E-state index is 11.7. The van der Waals surface area contributed by atoms with Gasteiger partial charge in [-0.15, -0.1) is 0 Å². The minimum atomic E-state index is -0.504. The van der Waals surface area contributed by atoms with Crippen molar-refractivity contribution in [3.05, 3.63) is 403 Å². The quantitative estimate of drug-likeness (QED) is 0.0957. The number of rotatable bonds is 11. The average molecular weight is 1440 g/mol. The highest BCUT2D eigenvalue weighted by Crippen LogP contribution is 2.56. The molecule has 0 fully saturated rings. The summed E-state index contributed by atoms with van der Waals surface area (Å²) >= 11 is 0. The fraction of sp³-hybridized carbons (Fsp3) is 0.0841. The molecule has 20 rings (SSSR count). The largest absolute Gasteiger partial charge is 0.310 e. The Morgan fingerprint density at radius 1 is 0.336 bits per heavy atom. The van der Waals surface area contributed by atoms with E-state index in [9.17, 15) is 5.26 Å². The summed E-state index contributed by atoms with van der Waals surface area (Å²) in [7, 11) is 0. The van der Waals surface area contributed by atoms with Crippen molar-refractivity contribution in [1.29, 1.82) is 5.26 Å². The zero-order valence-electron chi connectivity index (χ0n) is 64.0. The molecular weight excluding hydrogens is 1370 g/mol. The molecule has 0 spiro atoms. The summed E-state index contributed by atoms with van der Waals surface area (Å²) in [5.41, 5.74) is 34.1. The van der Waals surface area contributed by atoms with E-state index in [0.717, 1.165) is 151 Å². The van der Waals surface area contributed by atoms with Crippen molar-refractivity contribution in [1.82, 2.24) is 9.13 Å². The van der Waals surface area contributed by atoms with Crippen molar-refractivity contribution in [3.63, 3.8) is 0 Å². The van der Waals surface area contributed by atoms with Crippen LogP contribution in [0.25, 0.3) is 138 Å².